The largest absolute Gasteiger partial charge is 0.494 e. The minimum atomic E-state index is -0.506. The van der Waals surface area contributed by atoms with Crippen molar-refractivity contribution in [1.29, 1.82) is 0 Å². The number of nitrogens with zero attached hydrogens (tertiary/aromatic N) is 3. The molecule has 1 aliphatic heterocycles. The maximum atomic E-state index is 11.1. The Bertz CT molecular complexity index is 684. The Hall–Kier alpha value is -1.85. The van der Waals surface area contributed by atoms with Crippen LogP contribution in [-0.2, 0) is 0 Å². The van der Waals surface area contributed by atoms with Crippen molar-refractivity contribution in [2.45, 2.75) is 32.2 Å². The lowest BCUT2D eigenvalue weighted by Gasteiger charge is -2.20. The van der Waals surface area contributed by atoms with Crippen LogP contribution in [0.15, 0.2) is 36.7 Å². The normalized spacial score (nSPS) is 18.0. The van der Waals surface area contributed by atoms with E-state index < -0.39 is 5.24 Å². The standard InChI is InChI=1S/C18H22ClN3O2/c1-14-4-2-9-21(14)10-3-11-24-17-7-5-16(6-8-17)22-13-15(12-20-22)18(19)23/h5-8,12-14H,2-4,9-11H2,1H3/t14-/m1/s1. The van der Waals surface area contributed by atoms with Gasteiger partial charge in [-0.2, -0.15) is 5.10 Å². The van der Waals surface area contributed by atoms with Gasteiger partial charge in [-0.25, -0.2) is 4.68 Å². The molecule has 0 unspecified atom stereocenters. The van der Waals surface area contributed by atoms with E-state index in [2.05, 4.69) is 16.9 Å². The highest BCUT2D eigenvalue weighted by atomic mass is 35.5. The predicted molar refractivity (Wildman–Crippen MR) is 94.1 cm³/mol. The first-order valence-corrected chi connectivity index (χ1v) is 8.73. The minimum Gasteiger partial charge on any atom is -0.494 e. The van der Waals surface area contributed by atoms with E-state index >= 15 is 0 Å². The summed E-state index contributed by atoms with van der Waals surface area (Å²) in [7, 11) is 0. The lowest BCUT2D eigenvalue weighted by atomic mass is 10.2. The molecule has 1 aromatic carbocycles. The molecular formula is C18H22ClN3O2. The van der Waals surface area contributed by atoms with E-state index in [1.54, 1.807) is 10.9 Å². The van der Waals surface area contributed by atoms with Crippen LogP contribution in [0, 0.1) is 0 Å². The summed E-state index contributed by atoms with van der Waals surface area (Å²) < 4.78 is 7.42. The molecule has 0 radical (unpaired) electrons. The van der Waals surface area contributed by atoms with Crippen LogP contribution in [-0.4, -0.2) is 45.7 Å². The first kappa shape index (κ1) is 17.0. The summed E-state index contributed by atoms with van der Waals surface area (Å²) >= 11 is 5.44. The predicted octanol–water partition coefficient (Wildman–Crippen LogP) is 3.50. The average molecular weight is 348 g/mol. The minimum absolute atomic E-state index is 0.383. The van der Waals surface area contributed by atoms with Gasteiger partial charge in [-0.05, 0) is 68.6 Å². The Morgan fingerprint density at radius 2 is 2.17 bits per heavy atom. The smallest absolute Gasteiger partial charge is 0.255 e. The second kappa shape index (κ2) is 7.81. The zero-order chi connectivity index (χ0) is 16.9. The third kappa shape index (κ3) is 4.16. The molecule has 6 heteroatoms. The van der Waals surface area contributed by atoms with Gasteiger partial charge in [0.15, 0.2) is 0 Å². The summed E-state index contributed by atoms with van der Waals surface area (Å²) in [6.07, 6.45) is 6.73. The Labute approximate surface area is 147 Å². The van der Waals surface area contributed by atoms with Crippen molar-refractivity contribution < 1.29 is 9.53 Å². The molecule has 1 atom stereocenters. The van der Waals surface area contributed by atoms with Gasteiger partial charge in [0.25, 0.3) is 5.24 Å². The molecule has 2 heterocycles. The van der Waals surface area contributed by atoms with E-state index in [1.807, 2.05) is 24.3 Å². The average Bonchev–Trinajstić information content (AvgIpc) is 3.22. The number of aromatic nitrogens is 2. The monoisotopic (exact) mass is 347 g/mol. The molecular weight excluding hydrogens is 326 g/mol. The molecule has 0 aliphatic carbocycles. The zero-order valence-corrected chi connectivity index (χ0v) is 14.6. The van der Waals surface area contributed by atoms with E-state index in [9.17, 15) is 4.79 Å². The fourth-order valence-corrected chi connectivity index (χ4v) is 3.14. The van der Waals surface area contributed by atoms with Crippen molar-refractivity contribution in [3.63, 3.8) is 0 Å². The summed E-state index contributed by atoms with van der Waals surface area (Å²) in [6, 6.07) is 8.36. The van der Waals surface area contributed by atoms with Gasteiger partial charge >= 0.3 is 0 Å². The van der Waals surface area contributed by atoms with Crippen molar-refractivity contribution in [2.24, 2.45) is 0 Å². The van der Waals surface area contributed by atoms with Gasteiger partial charge in [-0.15, -0.1) is 0 Å². The highest BCUT2D eigenvalue weighted by Gasteiger charge is 2.19. The van der Waals surface area contributed by atoms with Gasteiger partial charge < -0.3 is 9.64 Å². The van der Waals surface area contributed by atoms with Crippen molar-refractivity contribution in [3.05, 3.63) is 42.2 Å². The lowest BCUT2D eigenvalue weighted by molar-refractivity contribution is 0.108. The molecule has 24 heavy (non-hydrogen) atoms. The number of ether oxygens (including phenoxy) is 1. The highest BCUT2D eigenvalue weighted by Crippen LogP contribution is 2.18. The van der Waals surface area contributed by atoms with Crippen molar-refractivity contribution in [2.75, 3.05) is 19.7 Å². The number of carbonyl (C=O) groups is 1. The quantitative estimate of drug-likeness (QED) is 0.568. The molecule has 0 bridgehead atoms. The number of benzene rings is 1. The molecule has 0 N–H and O–H groups in total. The third-order valence-electron chi connectivity index (χ3n) is 4.46. The molecule has 5 nitrogen and oxygen atoms in total. The van der Waals surface area contributed by atoms with Gasteiger partial charge in [-0.1, -0.05) is 0 Å². The van der Waals surface area contributed by atoms with Crippen LogP contribution in [0.1, 0.15) is 36.5 Å². The van der Waals surface area contributed by atoms with Crippen LogP contribution < -0.4 is 4.74 Å². The maximum Gasteiger partial charge on any atom is 0.255 e. The molecule has 3 rings (SSSR count). The first-order chi connectivity index (χ1) is 11.6. The number of hydrogen-bond donors (Lipinski definition) is 0. The third-order valence-corrected chi connectivity index (χ3v) is 4.68. The maximum absolute atomic E-state index is 11.1. The van der Waals surface area contributed by atoms with Gasteiger partial charge in [0.1, 0.15) is 5.75 Å². The Morgan fingerprint density at radius 1 is 1.38 bits per heavy atom. The number of rotatable bonds is 7. The fraction of sp³-hybridized carbons (Fsp3) is 0.444. The SMILES string of the molecule is C[C@@H]1CCCN1CCCOc1ccc(-n2cc(C(=O)Cl)cn2)cc1. The molecule has 1 aliphatic rings. The Morgan fingerprint density at radius 3 is 2.79 bits per heavy atom. The van der Waals surface area contributed by atoms with E-state index in [0.717, 1.165) is 31.0 Å². The van der Waals surface area contributed by atoms with Gasteiger partial charge in [-0.3, -0.25) is 4.79 Å². The van der Waals surface area contributed by atoms with Crippen LogP contribution in [0.2, 0.25) is 0 Å². The topological polar surface area (TPSA) is 47.4 Å². The highest BCUT2D eigenvalue weighted by molar-refractivity contribution is 6.67. The molecule has 0 amide bonds. The van der Waals surface area contributed by atoms with Crippen LogP contribution >= 0.6 is 11.6 Å². The van der Waals surface area contributed by atoms with Crippen LogP contribution in [0.4, 0.5) is 0 Å². The number of likely N-dealkylation sites (tertiary alicyclic amines) is 1. The first-order valence-electron chi connectivity index (χ1n) is 8.35. The van der Waals surface area contributed by atoms with E-state index in [4.69, 9.17) is 16.3 Å². The Balaban J connectivity index is 1.48. The van der Waals surface area contributed by atoms with Gasteiger partial charge in [0.2, 0.25) is 0 Å². The molecule has 1 saturated heterocycles. The molecule has 0 spiro atoms. The van der Waals surface area contributed by atoms with E-state index in [-0.39, 0.29) is 0 Å². The summed E-state index contributed by atoms with van der Waals surface area (Å²) in [4.78, 5) is 13.6. The molecule has 1 aromatic heterocycles. The fourth-order valence-electron chi connectivity index (χ4n) is 3.04. The number of carbonyl (C=O) groups excluding carboxylic acids is 1. The van der Waals surface area contributed by atoms with E-state index in [1.165, 1.54) is 25.6 Å². The molecule has 0 saturated carbocycles. The van der Waals surface area contributed by atoms with Crippen molar-refractivity contribution in [3.8, 4) is 11.4 Å². The summed E-state index contributed by atoms with van der Waals surface area (Å²) in [5.74, 6) is 0.842. The summed E-state index contributed by atoms with van der Waals surface area (Å²) in [6.45, 7) is 5.33. The Kier molecular flexibility index (Phi) is 5.53. The second-order valence-corrected chi connectivity index (χ2v) is 6.51. The summed E-state index contributed by atoms with van der Waals surface area (Å²) in [5, 5.41) is 3.62. The molecule has 1 fully saturated rings. The van der Waals surface area contributed by atoms with Crippen molar-refractivity contribution in [1.82, 2.24) is 14.7 Å². The van der Waals surface area contributed by atoms with Crippen LogP contribution in [0.5, 0.6) is 5.75 Å². The second-order valence-electron chi connectivity index (χ2n) is 6.17. The molecule has 128 valence electrons. The number of hydrogen-bond acceptors (Lipinski definition) is 4. The zero-order valence-electron chi connectivity index (χ0n) is 13.8. The van der Waals surface area contributed by atoms with Gasteiger partial charge in [0, 0.05) is 18.8 Å². The van der Waals surface area contributed by atoms with Crippen molar-refractivity contribution >= 4 is 16.8 Å². The van der Waals surface area contributed by atoms with Crippen LogP contribution in [0.3, 0.4) is 0 Å². The summed E-state index contributed by atoms with van der Waals surface area (Å²) in [5.41, 5.74) is 1.24. The lowest BCUT2D eigenvalue weighted by Crippen LogP contribution is -2.28. The van der Waals surface area contributed by atoms with Gasteiger partial charge in [0.05, 0.1) is 24.1 Å². The molecule has 2 aromatic rings. The number of halogens is 1. The van der Waals surface area contributed by atoms with Crippen LogP contribution in [0.25, 0.3) is 5.69 Å². The van der Waals surface area contributed by atoms with E-state index in [0.29, 0.717) is 11.6 Å².